The fourth-order valence-corrected chi connectivity index (χ4v) is 3.22. The maximum Gasteiger partial charge on any atom is 0.326 e. The fraction of sp³-hybridized carbons (Fsp3) is 0.727. The van der Waals surface area contributed by atoms with Gasteiger partial charge in [0, 0.05) is 12.8 Å². The molecular weight excluding hydrogens is 478 g/mol. The van der Waals surface area contributed by atoms with E-state index in [0.29, 0.717) is 19.4 Å². The van der Waals surface area contributed by atoms with Crippen molar-refractivity contribution in [3.8, 4) is 0 Å². The molecule has 14 heteroatoms. The van der Waals surface area contributed by atoms with Gasteiger partial charge in [0.25, 0.3) is 0 Å². The Morgan fingerprint density at radius 3 is 1.69 bits per heavy atom. The number of carboxylic acid groups (broad SMARTS) is 3. The zero-order valence-electron chi connectivity index (χ0n) is 20.7. The molecule has 0 aliphatic rings. The van der Waals surface area contributed by atoms with E-state index in [1.54, 1.807) is 13.8 Å². The highest BCUT2D eigenvalue weighted by Gasteiger charge is 2.31. The van der Waals surface area contributed by atoms with Crippen LogP contribution in [0.1, 0.15) is 65.2 Å². The van der Waals surface area contributed by atoms with Crippen LogP contribution < -0.4 is 27.4 Å². The van der Waals surface area contributed by atoms with Crippen molar-refractivity contribution in [1.29, 1.82) is 0 Å². The van der Waals surface area contributed by atoms with Crippen molar-refractivity contribution in [2.24, 2.45) is 17.4 Å². The molecule has 0 aromatic rings. The Labute approximate surface area is 209 Å². The molecule has 0 aromatic carbocycles. The molecule has 0 bridgehead atoms. The van der Waals surface area contributed by atoms with Crippen molar-refractivity contribution in [3.05, 3.63) is 0 Å². The van der Waals surface area contributed by atoms with Crippen LogP contribution in [0, 0.1) is 5.92 Å². The third-order valence-electron chi connectivity index (χ3n) is 5.19. The van der Waals surface area contributed by atoms with E-state index in [1.165, 1.54) is 0 Å². The van der Waals surface area contributed by atoms with Gasteiger partial charge < -0.3 is 42.7 Å². The van der Waals surface area contributed by atoms with Gasteiger partial charge in [-0.1, -0.05) is 13.8 Å². The topological polar surface area (TPSA) is 251 Å². The van der Waals surface area contributed by atoms with E-state index in [9.17, 15) is 33.9 Å². The molecule has 206 valence electrons. The number of amides is 3. The van der Waals surface area contributed by atoms with E-state index in [4.69, 9.17) is 21.7 Å². The monoisotopic (exact) mass is 517 g/mol. The molecule has 0 unspecified atom stereocenters. The molecule has 3 amide bonds. The smallest absolute Gasteiger partial charge is 0.326 e. The largest absolute Gasteiger partial charge is 0.481 e. The van der Waals surface area contributed by atoms with Crippen LogP contribution in [0.5, 0.6) is 0 Å². The summed E-state index contributed by atoms with van der Waals surface area (Å²) in [4.78, 5) is 71.4. The lowest BCUT2D eigenvalue weighted by Gasteiger charge is -2.26. The van der Waals surface area contributed by atoms with Crippen molar-refractivity contribution in [2.75, 3.05) is 6.54 Å². The average Bonchev–Trinajstić information content (AvgIpc) is 2.78. The second kappa shape index (κ2) is 17.2. The van der Waals surface area contributed by atoms with Crippen LogP contribution >= 0.6 is 0 Å². The summed E-state index contributed by atoms with van der Waals surface area (Å²) in [6, 6.07) is -4.96. The second-order valence-corrected chi connectivity index (χ2v) is 8.91. The molecule has 10 N–H and O–H groups in total. The molecular formula is C22H39N5O9. The number of rotatable bonds is 19. The molecule has 0 saturated carbocycles. The Hall–Kier alpha value is -3.26. The molecule has 0 rings (SSSR count). The third kappa shape index (κ3) is 14.2. The number of hydrogen-bond donors (Lipinski definition) is 8. The van der Waals surface area contributed by atoms with Crippen molar-refractivity contribution in [1.82, 2.24) is 16.0 Å². The van der Waals surface area contributed by atoms with Crippen molar-refractivity contribution in [2.45, 2.75) is 89.4 Å². The van der Waals surface area contributed by atoms with Gasteiger partial charge in [0.15, 0.2) is 0 Å². The van der Waals surface area contributed by atoms with E-state index in [1.807, 2.05) is 0 Å². The van der Waals surface area contributed by atoms with Gasteiger partial charge in [-0.25, -0.2) is 4.79 Å². The van der Waals surface area contributed by atoms with Crippen LogP contribution in [0.15, 0.2) is 0 Å². The molecule has 0 saturated heterocycles. The molecule has 0 spiro atoms. The molecule has 14 nitrogen and oxygen atoms in total. The minimum Gasteiger partial charge on any atom is -0.481 e. The van der Waals surface area contributed by atoms with E-state index < -0.39 is 66.2 Å². The number of unbranched alkanes of at least 4 members (excludes halogenated alkanes) is 1. The van der Waals surface area contributed by atoms with Crippen LogP contribution in [0.25, 0.3) is 0 Å². The van der Waals surface area contributed by atoms with E-state index in [2.05, 4.69) is 16.0 Å². The summed E-state index contributed by atoms with van der Waals surface area (Å²) in [6.45, 7) is 3.94. The lowest BCUT2D eigenvalue weighted by atomic mass is 10.0. The van der Waals surface area contributed by atoms with E-state index >= 15 is 0 Å². The van der Waals surface area contributed by atoms with E-state index in [-0.39, 0.29) is 38.0 Å². The normalized spacial score (nSPS) is 14.2. The van der Waals surface area contributed by atoms with Gasteiger partial charge >= 0.3 is 17.9 Å². The molecule has 0 fully saturated rings. The fourth-order valence-electron chi connectivity index (χ4n) is 3.22. The van der Waals surface area contributed by atoms with Gasteiger partial charge in [-0.3, -0.25) is 24.0 Å². The highest BCUT2D eigenvalue weighted by atomic mass is 16.4. The molecule has 0 aliphatic heterocycles. The Balaban J connectivity index is 5.51. The van der Waals surface area contributed by atoms with Gasteiger partial charge in [-0.05, 0) is 51.0 Å². The summed E-state index contributed by atoms with van der Waals surface area (Å²) >= 11 is 0. The first-order valence-corrected chi connectivity index (χ1v) is 11.8. The number of carbonyl (C=O) groups excluding carboxylic acids is 3. The van der Waals surface area contributed by atoms with Gasteiger partial charge in [-0.15, -0.1) is 0 Å². The van der Waals surface area contributed by atoms with Gasteiger partial charge in [-0.2, -0.15) is 0 Å². The first-order chi connectivity index (χ1) is 16.8. The maximum absolute atomic E-state index is 12.9. The summed E-state index contributed by atoms with van der Waals surface area (Å²) in [5.41, 5.74) is 11.1. The second-order valence-electron chi connectivity index (χ2n) is 8.91. The van der Waals surface area contributed by atoms with Crippen LogP contribution in [0.2, 0.25) is 0 Å². The highest BCUT2D eigenvalue weighted by Crippen LogP contribution is 2.09. The molecule has 0 aromatic heterocycles. The molecule has 36 heavy (non-hydrogen) atoms. The van der Waals surface area contributed by atoms with Gasteiger partial charge in [0.2, 0.25) is 17.7 Å². The molecule has 0 heterocycles. The minimum atomic E-state index is -1.37. The Kier molecular flexibility index (Phi) is 15.7. The van der Waals surface area contributed by atoms with Gasteiger partial charge in [0.1, 0.15) is 18.1 Å². The SMILES string of the molecule is CC(C)C[C@H](NC(=O)[C@H](CCC(=O)O)NC(=O)[C@H](N)CCC(=O)O)C(=O)N[C@H](CCCCN)C(=O)O. The summed E-state index contributed by atoms with van der Waals surface area (Å²) < 4.78 is 0. The number of carboxylic acids is 3. The van der Waals surface area contributed by atoms with Crippen LogP contribution in [0.3, 0.4) is 0 Å². The van der Waals surface area contributed by atoms with Crippen molar-refractivity contribution < 1.29 is 44.1 Å². The quantitative estimate of drug-likeness (QED) is 0.0940. The van der Waals surface area contributed by atoms with Crippen LogP contribution in [-0.4, -0.2) is 81.7 Å². The molecule has 0 radical (unpaired) electrons. The lowest BCUT2D eigenvalue weighted by molar-refractivity contribution is -0.142. The molecule has 4 atom stereocenters. The first-order valence-electron chi connectivity index (χ1n) is 11.8. The zero-order chi connectivity index (χ0) is 27.8. The van der Waals surface area contributed by atoms with Gasteiger partial charge in [0.05, 0.1) is 6.04 Å². The number of hydrogen-bond acceptors (Lipinski definition) is 8. The Morgan fingerprint density at radius 2 is 1.19 bits per heavy atom. The number of nitrogens with two attached hydrogens (primary N) is 2. The van der Waals surface area contributed by atoms with E-state index in [0.717, 1.165) is 0 Å². The summed E-state index contributed by atoms with van der Waals surface area (Å²) in [5, 5.41) is 34.4. The van der Waals surface area contributed by atoms with Crippen molar-refractivity contribution >= 4 is 35.6 Å². The maximum atomic E-state index is 12.9. The first kappa shape index (κ1) is 32.7. The van der Waals surface area contributed by atoms with Crippen LogP contribution in [0.4, 0.5) is 0 Å². The predicted octanol–water partition coefficient (Wildman–Crippen LogP) is -1.24. The Bertz CT molecular complexity index is 775. The average molecular weight is 518 g/mol. The summed E-state index contributed by atoms with van der Waals surface area (Å²) in [6.07, 6.45) is -0.0411. The summed E-state index contributed by atoms with van der Waals surface area (Å²) in [5.74, 6) is -6.16. The highest BCUT2D eigenvalue weighted by molar-refractivity contribution is 5.94. The summed E-state index contributed by atoms with van der Waals surface area (Å²) in [7, 11) is 0. The Morgan fingerprint density at radius 1 is 0.694 bits per heavy atom. The molecule has 0 aliphatic carbocycles. The van der Waals surface area contributed by atoms with Crippen molar-refractivity contribution in [3.63, 3.8) is 0 Å². The standard InChI is InChI=1S/C22H39N5O9/c1-12(2)11-16(21(34)26-15(22(35)36)5-3-4-10-23)27-20(33)14(7-9-18(30)31)25-19(32)13(24)6-8-17(28)29/h12-16H,3-11,23-24H2,1-2H3,(H,25,32)(H,26,34)(H,27,33)(H,28,29)(H,30,31)(H,35,36)/t13-,14+,15-,16+/m1/s1. The lowest BCUT2D eigenvalue weighted by Crippen LogP contribution is -2.57. The number of nitrogens with one attached hydrogen (secondary N) is 3. The predicted molar refractivity (Wildman–Crippen MR) is 128 cm³/mol. The zero-order valence-corrected chi connectivity index (χ0v) is 20.7. The number of aliphatic carboxylic acids is 3. The minimum absolute atomic E-state index is 0.0851. The van der Waals surface area contributed by atoms with Crippen LogP contribution in [-0.2, 0) is 28.8 Å². The number of carbonyl (C=O) groups is 6. The third-order valence-corrected chi connectivity index (χ3v) is 5.19.